The molecule has 0 saturated carbocycles. The molecule has 0 aliphatic rings. The first-order chi connectivity index (χ1) is 12.3. The molecule has 0 saturated heterocycles. The highest BCUT2D eigenvalue weighted by atomic mass is 16.5. The summed E-state index contributed by atoms with van der Waals surface area (Å²) >= 11 is 0. The Bertz CT molecular complexity index is 1030. The van der Waals surface area contributed by atoms with Crippen LogP contribution in [0.15, 0.2) is 60.7 Å². The topological polar surface area (TPSA) is 61.5 Å². The van der Waals surface area contributed by atoms with Crippen LogP contribution in [0, 0.1) is 0 Å². The summed E-state index contributed by atoms with van der Waals surface area (Å²) in [4.78, 5) is 0. The predicted molar refractivity (Wildman–Crippen MR) is 94.8 cm³/mol. The minimum atomic E-state index is 0.600. The summed E-state index contributed by atoms with van der Waals surface area (Å²) < 4.78 is 12.5. The first-order valence-corrected chi connectivity index (χ1v) is 7.80. The highest BCUT2D eigenvalue weighted by molar-refractivity contribution is 5.69. The molecule has 0 aliphatic heterocycles. The predicted octanol–water partition coefficient (Wildman–Crippen LogP) is 3.48. The molecule has 4 aromatic rings. The largest absolute Gasteiger partial charge is 0.497 e. The molecule has 2 heterocycles. The van der Waals surface area contributed by atoms with Gasteiger partial charge in [0.05, 0.1) is 25.5 Å². The second kappa shape index (κ2) is 6.24. The highest BCUT2D eigenvalue weighted by Gasteiger charge is 2.16. The zero-order valence-corrected chi connectivity index (χ0v) is 13.9. The number of fused-ring (bicyclic) bond motifs is 1. The summed E-state index contributed by atoms with van der Waals surface area (Å²) in [5, 5.41) is 13.2. The maximum Gasteiger partial charge on any atom is 0.189 e. The number of rotatable bonds is 4. The first kappa shape index (κ1) is 15.1. The Balaban J connectivity index is 1.91. The number of hydrogen-bond acceptors (Lipinski definition) is 5. The smallest absolute Gasteiger partial charge is 0.189 e. The molecule has 6 heteroatoms. The number of hydrogen-bond donors (Lipinski definition) is 0. The van der Waals surface area contributed by atoms with Gasteiger partial charge in [-0.05, 0) is 30.3 Å². The SMILES string of the molecule is COc1ccc(OC)c(-c2nnc3ccc(-c4ccccc4)nn23)c1. The van der Waals surface area contributed by atoms with Crippen molar-refractivity contribution >= 4 is 5.65 Å². The molecular formula is C19H16N4O2. The lowest BCUT2D eigenvalue weighted by Crippen LogP contribution is -1.99. The van der Waals surface area contributed by atoms with Crippen LogP contribution in [-0.2, 0) is 0 Å². The summed E-state index contributed by atoms with van der Waals surface area (Å²) in [5.74, 6) is 2.00. The molecular weight excluding hydrogens is 316 g/mol. The van der Waals surface area contributed by atoms with Gasteiger partial charge in [0, 0.05) is 5.56 Å². The molecule has 0 atom stereocenters. The van der Waals surface area contributed by atoms with E-state index in [-0.39, 0.29) is 0 Å². The van der Waals surface area contributed by atoms with Gasteiger partial charge in [-0.1, -0.05) is 30.3 Å². The zero-order valence-electron chi connectivity index (χ0n) is 13.9. The van der Waals surface area contributed by atoms with E-state index in [9.17, 15) is 0 Å². The molecule has 0 spiro atoms. The van der Waals surface area contributed by atoms with Crippen LogP contribution in [0.3, 0.4) is 0 Å². The normalized spacial score (nSPS) is 10.8. The Morgan fingerprint density at radius 2 is 1.68 bits per heavy atom. The van der Waals surface area contributed by atoms with Crippen LogP contribution in [-0.4, -0.2) is 34.0 Å². The molecule has 124 valence electrons. The Labute approximate surface area is 144 Å². The molecule has 0 aliphatic carbocycles. The number of methoxy groups -OCH3 is 2. The molecule has 0 N–H and O–H groups in total. The molecule has 25 heavy (non-hydrogen) atoms. The molecule has 0 radical (unpaired) electrons. The molecule has 6 nitrogen and oxygen atoms in total. The fraction of sp³-hybridized carbons (Fsp3) is 0.105. The van der Waals surface area contributed by atoms with Crippen LogP contribution >= 0.6 is 0 Å². The molecule has 2 aromatic carbocycles. The van der Waals surface area contributed by atoms with Crippen molar-refractivity contribution in [3.8, 4) is 34.1 Å². The Morgan fingerprint density at radius 3 is 2.44 bits per heavy atom. The summed E-state index contributed by atoms with van der Waals surface area (Å²) in [6.45, 7) is 0. The van der Waals surface area contributed by atoms with Crippen LogP contribution in [0.2, 0.25) is 0 Å². The Hall–Kier alpha value is -3.41. The van der Waals surface area contributed by atoms with E-state index in [1.807, 2.05) is 60.7 Å². The van der Waals surface area contributed by atoms with Crippen LogP contribution < -0.4 is 9.47 Å². The third-order valence-corrected chi connectivity index (χ3v) is 3.98. The molecule has 0 amide bonds. The van der Waals surface area contributed by atoms with E-state index in [1.165, 1.54) is 0 Å². The lowest BCUT2D eigenvalue weighted by atomic mass is 10.1. The average Bonchev–Trinajstić information content (AvgIpc) is 3.11. The fourth-order valence-electron chi connectivity index (χ4n) is 2.71. The Kier molecular flexibility index (Phi) is 3.78. The van der Waals surface area contributed by atoms with E-state index < -0.39 is 0 Å². The lowest BCUT2D eigenvalue weighted by molar-refractivity contribution is 0.404. The molecule has 4 rings (SSSR count). The van der Waals surface area contributed by atoms with Gasteiger partial charge in [-0.2, -0.15) is 9.61 Å². The second-order valence-electron chi connectivity index (χ2n) is 5.44. The quantitative estimate of drug-likeness (QED) is 0.572. The van der Waals surface area contributed by atoms with Crippen molar-refractivity contribution in [1.29, 1.82) is 0 Å². The van der Waals surface area contributed by atoms with Crippen molar-refractivity contribution in [3.05, 3.63) is 60.7 Å². The summed E-state index contributed by atoms with van der Waals surface area (Å²) in [5.41, 5.74) is 3.31. The number of benzene rings is 2. The zero-order chi connectivity index (χ0) is 17.2. The van der Waals surface area contributed by atoms with Crippen LogP contribution in [0.5, 0.6) is 11.5 Å². The standard InChI is InChI=1S/C19H16N4O2/c1-24-14-8-10-17(25-2)15(12-14)19-21-20-18-11-9-16(22-23(18)19)13-6-4-3-5-7-13/h3-12H,1-2H3. The summed E-state index contributed by atoms with van der Waals surface area (Å²) in [7, 11) is 3.25. The van der Waals surface area contributed by atoms with Gasteiger partial charge in [-0.25, -0.2) is 0 Å². The van der Waals surface area contributed by atoms with Gasteiger partial charge in [0.1, 0.15) is 11.5 Å². The summed E-state index contributed by atoms with van der Waals surface area (Å²) in [6.07, 6.45) is 0. The van der Waals surface area contributed by atoms with E-state index in [2.05, 4.69) is 10.2 Å². The minimum absolute atomic E-state index is 0.600. The first-order valence-electron chi connectivity index (χ1n) is 7.80. The van der Waals surface area contributed by atoms with Gasteiger partial charge in [-0.3, -0.25) is 0 Å². The average molecular weight is 332 g/mol. The highest BCUT2D eigenvalue weighted by Crippen LogP contribution is 2.32. The van der Waals surface area contributed by atoms with E-state index >= 15 is 0 Å². The van der Waals surface area contributed by atoms with Gasteiger partial charge >= 0.3 is 0 Å². The van der Waals surface area contributed by atoms with Crippen molar-refractivity contribution in [3.63, 3.8) is 0 Å². The van der Waals surface area contributed by atoms with E-state index in [0.717, 1.165) is 16.8 Å². The summed E-state index contributed by atoms with van der Waals surface area (Å²) in [6, 6.07) is 19.4. The third-order valence-electron chi connectivity index (χ3n) is 3.98. The van der Waals surface area contributed by atoms with Crippen molar-refractivity contribution in [2.75, 3.05) is 14.2 Å². The Morgan fingerprint density at radius 1 is 0.840 bits per heavy atom. The van der Waals surface area contributed by atoms with Crippen LogP contribution in [0.1, 0.15) is 0 Å². The maximum atomic E-state index is 5.47. The third kappa shape index (κ3) is 2.67. The van der Waals surface area contributed by atoms with Crippen LogP contribution in [0.25, 0.3) is 28.3 Å². The van der Waals surface area contributed by atoms with Crippen molar-refractivity contribution in [1.82, 2.24) is 19.8 Å². The van der Waals surface area contributed by atoms with Crippen molar-refractivity contribution in [2.45, 2.75) is 0 Å². The maximum absolute atomic E-state index is 5.47. The number of ether oxygens (including phenoxy) is 2. The van der Waals surface area contributed by atoms with Crippen LogP contribution in [0.4, 0.5) is 0 Å². The van der Waals surface area contributed by atoms with Gasteiger partial charge in [0.25, 0.3) is 0 Å². The molecule has 0 fully saturated rings. The van der Waals surface area contributed by atoms with Crippen molar-refractivity contribution in [2.24, 2.45) is 0 Å². The van der Waals surface area contributed by atoms with Gasteiger partial charge in [-0.15, -0.1) is 10.2 Å². The van der Waals surface area contributed by atoms with Gasteiger partial charge < -0.3 is 9.47 Å². The molecule has 2 aromatic heterocycles. The van der Waals surface area contributed by atoms with Crippen molar-refractivity contribution < 1.29 is 9.47 Å². The minimum Gasteiger partial charge on any atom is -0.497 e. The second-order valence-corrected chi connectivity index (χ2v) is 5.44. The molecule has 0 bridgehead atoms. The van der Waals surface area contributed by atoms with E-state index in [4.69, 9.17) is 14.6 Å². The number of nitrogens with zero attached hydrogens (tertiary/aromatic N) is 4. The van der Waals surface area contributed by atoms with E-state index in [0.29, 0.717) is 23.0 Å². The number of aromatic nitrogens is 4. The lowest BCUT2D eigenvalue weighted by Gasteiger charge is -2.09. The monoisotopic (exact) mass is 332 g/mol. The fourth-order valence-corrected chi connectivity index (χ4v) is 2.71. The molecule has 0 unspecified atom stereocenters. The van der Waals surface area contributed by atoms with Gasteiger partial charge in [0.2, 0.25) is 0 Å². The van der Waals surface area contributed by atoms with E-state index in [1.54, 1.807) is 18.7 Å². The van der Waals surface area contributed by atoms with Gasteiger partial charge in [0.15, 0.2) is 11.5 Å².